The first-order chi connectivity index (χ1) is 11.4. The van der Waals surface area contributed by atoms with Crippen LogP contribution in [0, 0.1) is 17.1 Å². The number of ether oxygens (including phenoxy) is 2. The monoisotopic (exact) mass is 350 g/mol. The Morgan fingerprint density at radius 2 is 2.04 bits per heavy atom. The maximum Gasteiger partial charge on any atom is 0.194 e. The Morgan fingerprint density at radius 1 is 1.33 bits per heavy atom. The molecule has 1 aromatic heterocycles. The molecule has 0 saturated heterocycles. The van der Waals surface area contributed by atoms with Crippen LogP contribution in [0.15, 0.2) is 35.4 Å². The van der Waals surface area contributed by atoms with Crippen molar-refractivity contribution in [2.24, 2.45) is 0 Å². The van der Waals surface area contributed by atoms with Gasteiger partial charge in [-0.2, -0.15) is 5.26 Å². The van der Waals surface area contributed by atoms with Gasteiger partial charge in [0.25, 0.3) is 0 Å². The van der Waals surface area contributed by atoms with Gasteiger partial charge in [0.15, 0.2) is 14.9 Å². The summed E-state index contributed by atoms with van der Waals surface area (Å²) in [6.45, 7) is -0.0182. The van der Waals surface area contributed by atoms with Crippen LogP contribution in [-0.2, 0) is 25.9 Å². The lowest BCUT2D eigenvalue weighted by molar-refractivity contribution is -0.0390. The standard InChI is InChI=1S/C16H15FN2O4S/c1-22-10-23-9-12-7-11(8-18)16(24(2,20)21)19-15(12)13-5-3-4-6-14(13)17/h3-7H,9-10H2,1-2H3. The molecule has 2 aromatic rings. The molecule has 24 heavy (non-hydrogen) atoms. The molecule has 0 aliphatic carbocycles. The zero-order valence-corrected chi connectivity index (χ0v) is 13.9. The van der Waals surface area contributed by atoms with E-state index in [9.17, 15) is 18.1 Å². The summed E-state index contributed by atoms with van der Waals surface area (Å²) in [5.41, 5.74) is 0.515. The molecule has 0 N–H and O–H groups in total. The van der Waals surface area contributed by atoms with E-state index >= 15 is 0 Å². The number of halogens is 1. The fraction of sp³-hybridized carbons (Fsp3) is 0.250. The number of methoxy groups -OCH3 is 1. The van der Waals surface area contributed by atoms with Crippen LogP contribution in [-0.4, -0.2) is 33.6 Å². The van der Waals surface area contributed by atoms with E-state index in [0.29, 0.717) is 5.56 Å². The first-order valence-electron chi connectivity index (χ1n) is 6.84. The van der Waals surface area contributed by atoms with E-state index in [1.165, 1.54) is 31.4 Å². The van der Waals surface area contributed by atoms with Crippen molar-refractivity contribution in [3.05, 3.63) is 47.3 Å². The van der Waals surface area contributed by atoms with Gasteiger partial charge in [-0.25, -0.2) is 17.8 Å². The van der Waals surface area contributed by atoms with Crippen LogP contribution in [0.1, 0.15) is 11.1 Å². The zero-order valence-electron chi connectivity index (χ0n) is 13.1. The molecule has 0 atom stereocenters. The molecular formula is C16H15FN2O4S. The van der Waals surface area contributed by atoms with E-state index in [1.807, 2.05) is 0 Å². The molecule has 0 amide bonds. The molecule has 0 spiro atoms. The quantitative estimate of drug-likeness (QED) is 0.586. The van der Waals surface area contributed by atoms with Crippen molar-refractivity contribution in [2.75, 3.05) is 20.2 Å². The summed E-state index contributed by atoms with van der Waals surface area (Å²) < 4.78 is 48.0. The highest BCUT2D eigenvalue weighted by Gasteiger charge is 2.21. The molecule has 0 aliphatic rings. The predicted octanol–water partition coefficient (Wildman–Crippen LogP) is 2.28. The van der Waals surface area contributed by atoms with Crippen molar-refractivity contribution in [1.82, 2.24) is 4.98 Å². The zero-order chi connectivity index (χ0) is 17.7. The summed E-state index contributed by atoms with van der Waals surface area (Å²) in [5.74, 6) is -0.554. The second-order valence-electron chi connectivity index (χ2n) is 4.97. The number of benzene rings is 1. The predicted molar refractivity (Wildman–Crippen MR) is 84.1 cm³/mol. The van der Waals surface area contributed by atoms with Gasteiger partial charge in [0.05, 0.1) is 17.9 Å². The molecule has 2 rings (SSSR count). The molecule has 1 heterocycles. The molecule has 6 nitrogen and oxygen atoms in total. The second kappa shape index (κ2) is 7.49. The molecule has 0 unspecified atom stereocenters. The molecule has 126 valence electrons. The second-order valence-corrected chi connectivity index (χ2v) is 6.90. The third kappa shape index (κ3) is 3.94. The smallest absolute Gasteiger partial charge is 0.194 e. The Bertz CT molecular complexity index is 891. The maximum atomic E-state index is 14.1. The Kier molecular flexibility index (Phi) is 5.62. The SMILES string of the molecule is COCOCc1cc(C#N)c(S(C)(=O)=O)nc1-c1ccccc1F. The molecule has 0 bridgehead atoms. The normalized spacial score (nSPS) is 11.2. The van der Waals surface area contributed by atoms with Gasteiger partial charge in [-0.05, 0) is 18.2 Å². The van der Waals surface area contributed by atoms with Gasteiger partial charge in [0, 0.05) is 24.5 Å². The molecule has 8 heteroatoms. The third-order valence-corrected chi connectivity index (χ3v) is 4.14. The van der Waals surface area contributed by atoms with Gasteiger partial charge >= 0.3 is 0 Å². The minimum atomic E-state index is -3.75. The van der Waals surface area contributed by atoms with Gasteiger partial charge in [0.2, 0.25) is 0 Å². The highest BCUT2D eigenvalue weighted by atomic mass is 32.2. The molecular weight excluding hydrogens is 335 g/mol. The van der Waals surface area contributed by atoms with Gasteiger partial charge in [0.1, 0.15) is 18.7 Å². The lowest BCUT2D eigenvalue weighted by atomic mass is 10.0. The van der Waals surface area contributed by atoms with Gasteiger partial charge in [-0.3, -0.25) is 0 Å². The average Bonchev–Trinajstić information content (AvgIpc) is 2.54. The molecule has 1 aromatic carbocycles. The Morgan fingerprint density at radius 3 is 2.62 bits per heavy atom. The Hall–Kier alpha value is -2.34. The Labute approximate surface area is 139 Å². The Balaban J connectivity index is 2.69. The van der Waals surface area contributed by atoms with Crippen LogP contribution in [0.3, 0.4) is 0 Å². The third-order valence-electron chi connectivity index (χ3n) is 3.13. The topological polar surface area (TPSA) is 89.3 Å². The number of rotatable bonds is 6. The minimum absolute atomic E-state index is 0.00751. The summed E-state index contributed by atoms with van der Waals surface area (Å²) >= 11 is 0. The molecule has 0 saturated carbocycles. The minimum Gasteiger partial charge on any atom is -0.359 e. The number of nitrogens with zero attached hydrogens (tertiary/aromatic N) is 2. The number of hydrogen-bond acceptors (Lipinski definition) is 6. The van der Waals surface area contributed by atoms with Gasteiger partial charge < -0.3 is 9.47 Å². The van der Waals surface area contributed by atoms with Crippen molar-refractivity contribution in [3.8, 4) is 17.3 Å². The number of pyridine rings is 1. The van der Waals surface area contributed by atoms with E-state index in [-0.39, 0.29) is 30.2 Å². The van der Waals surface area contributed by atoms with Gasteiger partial charge in [-0.15, -0.1) is 0 Å². The first-order valence-corrected chi connectivity index (χ1v) is 8.73. The van der Waals surface area contributed by atoms with Crippen molar-refractivity contribution in [2.45, 2.75) is 11.6 Å². The highest BCUT2D eigenvalue weighted by Crippen LogP contribution is 2.28. The first kappa shape index (κ1) is 18.0. The van der Waals surface area contributed by atoms with E-state index in [4.69, 9.17) is 9.47 Å². The lowest BCUT2D eigenvalue weighted by Gasteiger charge is -2.13. The lowest BCUT2D eigenvalue weighted by Crippen LogP contribution is -2.09. The van der Waals surface area contributed by atoms with Crippen LogP contribution in [0.2, 0.25) is 0 Å². The van der Waals surface area contributed by atoms with Crippen LogP contribution in [0.5, 0.6) is 0 Å². The molecule has 0 fully saturated rings. The largest absolute Gasteiger partial charge is 0.359 e. The average molecular weight is 350 g/mol. The van der Waals surface area contributed by atoms with E-state index in [1.54, 1.807) is 12.1 Å². The van der Waals surface area contributed by atoms with Crippen LogP contribution >= 0.6 is 0 Å². The highest BCUT2D eigenvalue weighted by molar-refractivity contribution is 7.90. The van der Waals surface area contributed by atoms with E-state index in [0.717, 1.165) is 6.26 Å². The fourth-order valence-corrected chi connectivity index (χ4v) is 2.89. The number of nitriles is 1. The molecule has 0 radical (unpaired) electrons. The van der Waals surface area contributed by atoms with Crippen LogP contribution in [0.25, 0.3) is 11.3 Å². The van der Waals surface area contributed by atoms with Crippen molar-refractivity contribution >= 4 is 9.84 Å². The fourth-order valence-electron chi connectivity index (χ4n) is 2.13. The molecule has 0 aliphatic heterocycles. The number of hydrogen-bond donors (Lipinski definition) is 0. The van der Waals surface area contributed by atoms with Gasteiger partial charge in [-0.1, -0.05) is 12.1 Å². The summed E-state index contributed by atoms with van der Waals surface area (Å²) in [7, 11) is -2.30. The number of aromatic nitrogens is 1. The van der Waals surface area contributed by atoms with Crippen molar-refractivity contribution in [3.63, 3.8) is 0 Å². The summed E-state index contributed by atoms with van der Waals surface area (Å²) in [5, 5.41) is 8.81. The van der Waals surface area contributed by atoms with Crippen LogP contribution in [0.4, 0.5) is 4.39 Å². The van der Waals surface area contributed by atoms with Crippen molar-refractivity contribution < 1.29 is 22.3 Å². The summed E-state index contributed by atoms with van der Waals surface area (Å²) in [4.78, 5) is 4.05. The summed E-state index contributed by atoms with van der Waals surface area (Å²) in [6.07, 6.45) is 0.947. The van der Waals surface area contributed by atoms with Crippen molar-refractivity contribution in [1.29, 1.82) is 5.26 Å². The summed E-state index contributed by atoms with van der Waals surface area (Å²) in [6, 6.07) is 9.00. The van der Waals surface area contributed by atoms with Crippen LogP contribution < -0.4 is 0 Å². The van der Waals surface area contributed by atoms with E-state index < -0.39 is 20.7 Å². The maximum absolute atomic E-state index is 14.1. The number of sulfone groups is 1. The van der Waals surface area contributed by atoms with E-state index in [2.05, 4.69) is 4.98 Å².